The Morgan fingerprint density at radius 3 is 2.36 bits per heavy atom. The van der Waals surface area contributed by atoms with Gasteiger partial charge in [0.05, 0.1) is 19.6 Å². The van der Waals surface area contributed by atoms with Gasteiger partial charge in [-0.05, 0) is 45.4 Å². The maximum Gasteiger partial charge on any atom is 0.310 e. The average molecular weight is 355 g/mol. The quantitative estimate of drug-likeness (QED) is 0.637. The third-order valence-electron chi connectivity index (χ3n) is 3.46. The van der Waals surface area contributed by atoms with Crippen molar-refractivity contribution < 1.29 is 28.2 Å². The summed E-state index contributed by atoms with van der Waals surface area (Å²) in [6, 6.07) is 2.68. The van der Waals surface area contributed by atoms with Crippen molar-refractivity contribution in [3.05, 3.63) is 23.5 Å². The van der Waals surface area contributed by atoms with Gasteiger partial charge in [0.2, 0.25) is 0 Å². The van der Waals surface area contributed by atoms with E-state index in [1.807, 2.05) is 13.8 Å². The molecule has 0 fully saturated rings. The Hall–Kier alpha value is -2.31. The normalized spacial score (nSPS) is 10.5. The summed E-state index contributed by atoms with van der Waals surface area (Å²) in [6.07, 6.45) is -0.322. The second-order valence-corrected chi connectivity index (χ2v) is 5.68. The van der Waals surface area contributed by atoms with Crippen molar-refractivity contribution in [2.75, 3.05) is 26.8 Å². The number of ether oxygens (including phenoxy) is 3. The number of esters is 1. The number of carbonyl (C=O) groups excluding carboxylic acids is 2. The number of amides is 1. The Kier molecular flexibility index (Phi) is 8.18. The molecule has 0 aromatic heterocycles. The van der Waals surface area contributed by atoms with Crippen LogP contribution < -0.4 is 9.47 Å². The van der Waals surface area contributed by atoms with E-state index in [-0.39, 0.29) is 36.5 Å². The van der Waals surface area contributed by atoms with Crippen molar-refractivity contribution >= 4 is 11.9 Å². The molecule has 1 rings (SSSR count). The van der Waals surface area contributed by atoms with Gasteiger partial charge >= 0.3 is 5.97 Å². The molecule has 1 aromatic rings. The minimum atomic E-state index is -0.695. The van der Waals surface area contributed by atoms with Crippen molar-refractivity contribution in [3.8, 4) is 11.5 Å². The lowest BCUT2D eigenvalue weighted by Gasteiger charge is -2.19. The first-order valence-corrected chi connectivity index (χ1v) is 8.28. The molecule has 1 amide bonds. The largest absolute Gasteiger partial charge is 0.493 e. The topological polar surface area (TPSA) is 65.1 Å². The van der Waals surface area contributed by atoms with Crippen LogP contribution in [-0.2, 0) is 20.7 Å². The lowest BCUT2D eigenvalue weighted by molar-refractivity contribution is -0.146. The van der Waals surface area contributed by atoms with Gasteiger partial charge in [-0.2, -0.15) is 0 Å². The van der Waals surface area contributed by atoms with E-state index in [1.165, 1.54) is 19.2 Å². The first-order valence-electron chi connectivity index (χ1n) is 8.28. The van der Waals surface area contributed by atoms with Gasteiger partial charge < -0.3 is 19.1 Å². The molecule has 0 spiro atoms. The highest BCUT2D eigenvalue weighted by Crippen LogP contribution is 2.32. The molecule has 0 heterocycles. The third kappa shape index (κ3) is 6.25. The van der Waals surface area contributed by atoms with Crippen LogP contribution in [0.1, 0.15) is 33.3 Å². The van der Waals surface area contributed by atoms with Crippen molar-refractivity contribution in [3.63, 3.8) is 0 Å². The Morgan fingerprint density at radius 2 is 1.84 bits per heavy atom. The van der Waals surface area contributed by atoms with E-state index in [1.54, 1.807) is 18.7 Å². The first kappa shape index (κ1) is 20.7. The standard InChI is InChI=1S/C18H26FNO5/c1-6-20(7-2)16(21)11-24-18-14(19)8-13(9-15(18)23-5)10-17(22)25-12(3)4/h8-9,12H,6-7,10-11H2,1-5H3. The van der Waals surface area contributed by atoms with Gasteiger partial charge in [0.25, 0.3) is 5.91 Å². The lowest BCUT2D eigenvalue weighted by atomic mass is 10.1. The molecule has 7 heteroatoms. The highest BCUT2D eigenvalue weighted by Gasteiger charge is 2.18. The second-order valence-electron chi connectivity index (χ2n) is 5.68. The monoisotopic (exact) mass is 355 g/mol. The molecule has 0 N–H and O–H groups in total. The van der Waals surface area contributed by atoms with E-state index in [9.17, 15) is 14.0 Å². The molecule has 0 aliphatic carbocycles. The molecule has 140 valence electrons. The molecule has 25 heavy (non-hydrogen) atoms. The number of likely N-dealkylation sites (N-methyl/N-ethyl adjacent to an activating group) is 1. The van der Waals surface area contributed by atoms with Gasteiger partial charge in [0.15, 0.2) is 23.9 Å². The molecule has 0 unspecified atom stereocenters. The average Bonchev–Trinajstić information content (AvgIpc) is 2.53. The fourth-order valence-electron chi connectivity index (χ4n) is 2.29. The Morgan fingerprint density at radius 1 is 1.20 bits per heavy atom. The summed E-state index contributed by atoms with van der Waals surface area (Å²) in [7, 11) is 1.37. The van der Waals surface area contributed by atoms with Gasteiger partial charge in [-0.1, -0.05) is 0 Å². The van der Waals surface area contributed by atoms with Crippen LogP contribution in [0.4, 0.5) is 4.39 Å². The van der Waals surface area contributed by atoms with Crippen LogP contribution in [0, 0.1) is 5.82 Å². The molecule has 0 saturated heterocycles. The Balaban J connectivity index is 2.88. The summed E-state index contributed by atoms with van der Waals surface area (Å²) in [5, 5.41) is 0. The lowest BCUT2D eigenvalue weighted by Crippen LogP contribution is -2.34. The van der Waals surface area contributed by atoms with E-state index in [0.29, 0.717) is 18.7 Å². The zero-order valence-corrected chi connectivity index (χ0v) is 15.4. The number of hydrogen-bond donors (Lipinski definition) is 0. The van der Waals surface area contributed by atoms with Crippen molar-refractivity contribution in [1.82, 2.24) is 4.90 Å². The zero-order valence-electron chi connectivity index (χ0n) is 15.4. The predicted octanol–water partition coefficient (Wildman–Crippen LogP) is 2.58. The molecule has 0 aliphatic rings. The van der Waals surface area contributed by atoms with Crippen LogP contribution in [0.2, 0.25) is 0 Å². The molecule has 6 nitrogen and oxygen atoms in total. The van der Waals surface area contributed by atoms with E-state index in [4.69, 9.17) is 14.2 Å². The van der Waals surface area contributed by atoms with Crippen LogP contribution >= 0.6 is 0 Å². The summed E-state index contributed by atoms with van der Waals surface area (Å²) in [5.74, 6) is -1.42. The summed E-state index contributed by atoms with van der Waals surface area (Å²) >= 11 is 0. The van der Waals surface area contributed by atoms with Gasteiger partial charge in [-0.25, -0.2) is 4.39 Å². The van der Waals surface area contributed by atoms with E-state index in [2.05, 4.69) is 0 Å². The fraction of sp³-hybridized carbons (Fsp3) is 0.556. The summed E-state index contributed by atoms with van der Waals surface area (Å²) in [5.41, 5.74) is 0.405. The zero-order chi connectivity index (χ0) is 19.0. The molecule has 1 aromatic carbocycles. The maximum atomic E-state index is 14.3. The molecule has 0 aliphatic heterocycles. The molecular weight excluding hydrogens is 329 g/mol. The molecule has 0 saturated carbocycles. The van der Waals surface area contributed by atoms with Crippen molar-refractivity contribution in [2.24, 2.45) is 0 Å². The van der Waals surface area contributed by atoms with Crippen molar-refractivity contribution in [1.29, 1.82) is 0 Å². The number of carbonyl (C=O) groups is 2. The van der Waals surface area contributed by atoms with E-state index < -0.39 is 11.8 Å². The Bertz CT molecular complexity index is 599. The molecular formula is C18H26FNO5. The summed E-state index contributed by atoms with van der Waals surface area (Å²) < 4.78 is 29.8. The van der Waals surface area contributed by atoms with E-state index >= 15 is 0 Å². The number of rotatable bonds is 9. The number of methoxy groups -OCH3 is 1. The van der Waals surface area contributed by atoms with Crippen LogP contribution in [0.5, 0.6) is 11.5 Å². The van der Waals surface area contributed by atoms with Gasteiger partial charge in [-0.15, -0.1) is 0 Å². The molecule has 0 bridgehead atoms. The predicted molar refractivity (Wildman–Crippen MR) is 91.3 cm³/mol. The minimum Gasteiger partial charge on any atom is -0.493 e. The molecule has 0 atom stereocenters. The van der Waals surface area contributed by atoms with Crippen LogP contribution in [-0.4, -0.2) is 49.7 Å². The van der Waals surface area contributed by atoms with Crippen molar-refractivity contribution in [2.45, 2.75) is 40.2 Å². The number of halogens is 1. The summed E-state index contributed by atoms with van der Waals surface area (Å²) in [6.45, 7) is 8.00. The highest BCUT2D eigenvalue weighted by atomic mass is 19.1. The van der Waals surface area contributed by atoms with Crippen LogP contribution in [0.15, 0.2) is 12.1 Å². The fourth-order valence-corrected chi connectivity index (χ4v) is 2.29. The second kappa shape index (κ2) is 9.86. The maximum absolute atomic E-state index is 14.3. The van der Waals surface area contributed by atoms with Crippen LogP contribution in [0.25, 0.3) is 0 Å². The first-order chi connectivity index (χ1) is 11.8. The van der Waals surface area contributed by atoms with Crippen LogP contribution in [0.3, 0.4) is 0 Å². The number of hydrogen-bond acceptors (Lipinski definition) is 5. The van der Waals surface area contributed by atoms with Gasteiger partial charge in [0.1, 0.15) is 0 Å². The molecule has 0 radical (unpaired) electrons. The number of benzene rings is 1. The Labute approximate surface area is 147 Å². The SMILES string of the molecule is CCN(CC)C(=O)COc1c(F)cc(CC(=O)OC(C)C)cc1OC. The highest BCUT2D eigenvalue weighted by molar-refractivity contribution is 5.78. The smallest absolute Gasteiger partial charge is 0.310 e. The van der Waals surface area contributed by atoms with Gasteiger partial charge in [0, 0.05) is 13.1 Å². The minimum absolute atomic E-state index is 0.0792. The van der Waals surface area contributed by atoms with Gasteiger partial charge in [-0.3, -0.25) is 9.59 Å². The summed E-state index contributed by atoms with van der Waals surface area (Å²) in [4.78, 5) is 25.3. The third-order valence-corrected chi connectivity index (χ3v) is 3.46. The van der Waals surface area contributed by atoms with E-state index in [0.717, 1.165) is 0 Å². The number of nitrogens with zero attached hydrogens (tertiary/aromatic N) is 1.